The van der Waals surface area contributed by atoms with E-state index in [1.54, 1.807) is 12.1 Å². The van der Waals surface area contributed by atoms with Gasteiger partial charge in [0.15, 0.2) is 9.84 Å². The zero-order valence-corrected chi connectivity index (χ0v) is 9.34. The normalized spacial score (nSPS) is 11.4. The highest BCUT2D eigenvalue weighted by Gasteiger charge is 2.16. The van der Waals surface area contributed by atoms with Gasteiger partial charge >= 0.3 is 0 Å². The number of ether oxygens (including phenoxy) is 1. The van der Waals surface area contributed by atoms with Crippen LogP contribution in [0.1, 0.15) is 5.56 Å². The minimum absolute atomic E-state index is 0.123. The summed E-state index contributed by atoms with van der Waals surface area (Å²) < 4.78 is 27.8. The van der Waals surface area contributed by atoms with E-state index in [4.69, 9.17) is 9.94 Å². The van der Waals surface area contributed by atoms with Crippen LogP contribution in [0.25, 0.3) is 0 Å². The molecule has 1 rings (SSSR count). The van der Waals surface area contributed by atoms with E-state index in [0.29, 0.717) is 5.56 Å². The molecule has 0 heterocycles. The van der Waals surface area contributed by atoms with E-state index in [-0.39, 0.29) is 17.2 Å². The monoisotopic (exact) mass is 231 g/mol. The molecule has 1 aromatic rings. The molecule has 2 N–H and O–H groups in total. The van der Waals surface area contributed by atoms with Gasteiger partial charge in [0.25, 0.3) is 0 Å². The summed E-state index contributed by atoms with van der Waals surface area (Å²) in [6.45, 7) is 0.131. The van der Waals surface area contributed by atoms with Gasteiger partial charge in [-0.05, 0) is 6.07 Å². The Balaban J connectivity index is 3.35. The van der Waals surface area contributed by atoms with Gasteiger partial charge in [0, 0.05) is 18.4 Å². The van der Waals surface area contributed by atoms with Gasteiger partial charge in [-0.1, -0.05) is 12.1 Å². The largest absolute Gasteiger partial charge is 0.495 e. The number of rotatable bonds is 4. The summed E-state index contributed by atoms with van der Waals surface area (Å²) >= 11 is 0. The summed E-state index contributed by atoms with van der Waals surface area (Å²) in [4.78, 5) is 0.123. The van der Waals surface area contributed by atoms with E-state index < -0.39 is 9.84 Å². The molecule has 6 heteroatoms. The number of para-hydroxylation sites is 1. The lowest BCUT2D eigenvalue weighted by Crippen LogP contribution is -2.10. The first kappa shape index (κ1) is 12.0. The molecule has 0 fully saturated rings. The number of hydrogen-bond donors (Lipinski definition) is 2. The van der Waals surface area contributed by atoms with Crippen molar-refractivity contribution in [2.75, 3.05) is 13.4 Å². The van der Waals surface area contributed by atoms with Gasteiger partial charge in [-0.15, -0.1) is 0 Å². The molecule has 15 heavy (non-hydrogen) atoms. The minimum atomic E-state index is -3.32. The summed E-state index contributed by atoms with van der Waals surface area (Å²) in [7, 11) is -1.93. The Bertz CT molecular complexity index is 441. The zero-order chi connectivity index (χ0) is 11.5. The van der Waals surface area contributed by atoms with E-state index in [9.17, 15) is 8.42 Å². The molecule has 0 bridgehead atoms. The quantitative estimate of drug-likeness (QED) is 0.741. The summed E-state index contributed by atoms with van der Waals surface area (Å²) in [6.07, 6.45) is 1.11. The van der Waals surface area contributed by atoms with Crippen molar-refractivity contribution in [3.8, 4) is 5.75 Å². The molecule has 0 aromatic heterocycles. The van der Waals surface area contributed by atoms with Crippen LogP contribution in [0.4, 0.5) is 0 Å². The Labute approximate surface area is 88.6 Å². The fourth-order valence-corrected chi connectivity index (χ4v) is 2.19. The number of benzene rings is 1. The topological polar surface area (TPSA) is 75.6 Å². The lowest BCUT2D eigenvalue weighted by molar-refractivity contribution is 0.160. The maximum atomic E-state index is 11.4. The number of sulfone groups is 1. The van der Waals surface area contributed by atoms with Crippen molar-refractivity contribution >= 4 is 9.84 Å². The molecule has 0 saturated carbocycles. The van der Waals surface area contributed by atoms with Crippen LogP contribution < -0.4 is 10.2 Å². The first-order chi connectivity index (χ1) is 7.00. The Morgan fingerprint density at radius 3 is 2.60 bits per heavy atom. The molecule has 0 amide bonds. The van der Waals surface area contributed by atoms with E-state index in [1.807, 2.05) is 5.48 Å². The van der Waals surface area contributed by atoms with Crippen molar-refractivity contribution in [3.63, 3.8) is 0 Å². The first-order valence-corrected chi connectivity index (χ1v) is 6.12. The lowest BCUT2D eigenvalue weighted by Gasteiger charge is -2.11. The molecule has 84 valence electrons. The molecule has 5 nitrogen and oxygen atoms in total. The Morgan fingerprint density at radius 2 is 2.13 bits per heavy atom. The van der Waals surface area contributed by atoms with E-state index >= 15 is 0 Å². The highest BCUT2D eigenvalue weighted by Crippen LogP contribution is 2.27. The second-order valence-corrected chi connectivity index (χ2v) is 5.04. The predicted molar refractivity (Wildman–Crippen MR) is 54.7 cm³/mol. The van der Waals surface area contributed by atoms with Gasteiger partial charge in [0.05, 0.1) is 7.11 Å². The van der Waals surface area contributed by atoms with Crippen LogP contribution in [0.15, 0.2) is 23.1 Å². The molecule has 0 unspecified atom stereocenters. The van der Waals surface area contributed by atoms with Crippen molar-refractivity contribution in [2.45, 2.75) is 11.4 Å². The van der Waals surface area contributed by atoms with E-state index in [1.165, 1.54) is 13.2 Å². The molecule has 0 aliphatic rings. The van der Waals surface area contributed by atoms with Crippen molar-refractivity contribution < 1.29 is 18.4 Å². The third kappa shape index (κ3) is 2.68. The van der Waals surface area contributed by atoms with Gasteiger partial charge in [-0.3, -0.25) is 0 Å². The Hall–Kier alpha value is -1.11. The van der Waals surface area contributed by atoms with Crippen molar-refractivity contribution in [3.05, 3.63) is 23.8 Å². The van der Waals surface area contributed by atoms with Gasteiger partial charge in [0.2, 0.25) is 0 Å². The standard InChI is InChI=1S/C9H13NO4S/c1-14-9-7(6-10-11)4-3-5-8(9)15(2,12)13/h3-5,10-11H,6H2,1-2H3. The number of hydrogen-bond acceptors (Lipinski definition) is 5. The average molecular weight is 231 g/mol. The third-order valence-corrected chi connectivity index (χ3v) is 3.05. The smallest absolute Gasteiger partial charge is 0.179 e. The molecule has 0 aliphatic heterocycles. The summed E-state index contributed by atoms with van der Waals surface area (Å²) in [5, 5.41) is 8.58. The second-order valence-electron chi connectivity index (χ2n) is 3.06. The highest BCUT2D eigenvalue weighted by atomic mass is 32.2. The number of hydroxylamine groups is 1. The Morgan fingerprint density at radius 1 is 1.47 bits per heavy atom. The first-order valence-electron chi connectivity index (χ1n) is 4.23. The van der Waals surface area contributed by atoms with E-state index in [2.05, 4.69) is 0 Å². The minimum Gasteiger partial charge on any atom is -0.495 e. The fourth-order valence-electron chi connectivity index (χ4n) is 1.31. The van der Waals surface area contributed by atoms with Crippen LogP contribution >= 0.6 is 0 Å². The van der Waals surface area contributed by atoms with Crippen LogP contribution in [0, 0.1) is 0 Å². The van der Waals surface area contributed by atoms with Crippen molar-refractivity contribution in [2.24, 2.45) is 0 Å². The Kier molecular flexibility index (Phi) is 3.67. The molecular weight excluding hydrogens is 218 g/mol. The highest BCUT2D eigenvalue weighted by molar-refractivity contribution is 7.90. The van der Waals surface area contributed by atoms with Crippen LogP contribution in [-0.4, -0.2) is 27.0 Å². The molecule has 0 atom stereocenters. The predicted octanol–water partition coefficient (Wildman–Crippen LogP) is 0.578. The number of nitrogens with one attached hydrogen (secondary N) is 1. The molecule has 0 saturated heterocycles. The molecular formula is C9H13NO4S. The van der Waals surface area contributed by atoms with Gasteiger partial charge in [-0.25, -0.2) is 13.9 Å². The third-order valence-electron chi connectivity index (χ3n) is 1.93. The lowest BCUT2D eigenvalue weighted by atomic mass is 10.2. The van der Waals surface area contributed by atoms with Crippen LogP contribution in [0.2, 0.25) is 0 Å². The maximum Gasteiger partial charge on any atom is 0.179 e. The second kappa shape index (κ2) is 4.61. The zero-order valence-electron chi connectivity index (χ0n) is 8.52. The molecule has 0 spiro atoms. The van der Waals surface area contributed by atoms with Crippen molar-refractivity contribution in [1.82, 2.24) is 5.48 Å². The van der Waals surface area contributed by atoms with E-state index in [0.717, 1.165) is 6.26 Å². The van der Waals surface area contributed by atoms with Crippen molar-refractivity contribution in [1.29, 1.82) is 0 Å². The molecule has 1 aromatic carbocycles. The van der Waals surface area contributed by atoms with Gasteiger partial charge < -0.3 is 9.94 Å². The molecule has 0 radical (unpaired) electrons. The average Bonchev–Trinajstić information content (AvgIpc) is 2.16. The number of methoxy groups -OCH3 is 1. The van der Waals surface area contributed by atoms with Gasteiger partial charge in [0.1, 0.15) is 10.6 Å². The fraction of sp³-hybridized carbons (Fsp3) is 0.333. The summed E-state index contributed by atoms with van der Waals surface area (Å²) in [5.74, 6) is 0.265. The van der Waals surface area contributed by atoms with Crippen LogP contribution in [0.5, 0.6) is 5.75 Å². The maximum absolute atomic E-state index is 11.4. The summed E-state index contributed by atoms with van der Waals surface area (Å²) in [6, 6.07) is 4.75. The SMILES string of the molecule is COc1c(CNO)cccc1S(C)(=O)=O. The summed E-state index contributed by atoms with van der Waals surface area (Å²) in [5.41, 5.74) is 2.55. The van der Waals surface area contributed by atoms with Crippen LogP contribution in [-0.2, 0) is 16.4 Å². The van der Waals surface area contributed by atoms with Crippen LogP contribution in [0.3, 0.4) is 0 Å². The van der Waals surface area contributed by atoms with Gasteiger partial charge in [-0.2, -0.15) is 0 Å². The molecule has 0 aliphatic carbocycles.